The van der Waals surface area contributed by atoms with Crippen molar-refractivity contribution in [3.8, 4) is 11.1 Å². The SMILES string of the molecule is [C-]#[N+]c1cc2c(-c3cncc(N)c3Cl)cn(C3CC(S(C)(=O)=O)C3)c2cc1C. The molecule has 2 N–H and O–H groups in total. The number of benzene rings is 1. The third-order valence-corrected chi connectivity index (χ3v) is 7.56. The first-order valence-corrected chi connectivity index (χ1v) is 11.1. The summed E-state index contributed by atoms with van der Waals surface area (Å²) in [5, 5.41) is 0.995. The molecule has 1 fully saturated rings. The van der Waals surface area contributed by atoms with Gasteiger partial charge in [-0.3, -0.25) is 4.98 Å². The minimum absolute atomic E-state index is 0.0851. The number of sulfone groups is 1. The molecule has 0 spiro atoms. The highest BCUT2D eigenvalue weighted by molar-refractivity contribution is 7.91. The van der Waals surface area contributed by atoms with Crippen molar-refractivity contribution in [1.29, 1.82) is 0 Å². The van der Waals surface area contributed by atoms with Gasteiger partial charge in [-0.15, -0.1) is 0 Å². The minimum atomic E-state index is -3.04. The van der Waals surface area contributed by atoms with Gasteiger partial charge in [-0.25, -0.2) is 13.3 Å². The Morgan fingerprint density at radius 3 is 2.64 bits per heavy atom. The van der Waals surface area contributed by atoms with Gasteiger partial charge in [0.05, 0.1) is 28.7 Å². The molecule has 0 saturated heterocycles. The van der Waals surface area contributed by atoms with Gasteiger partial charge in [0.2, 0.25) is 0 Å². The Hall–Kier alpha value is -2.56. The molecular weight excluding hydrogens is 396 g/mol. The van der Waals surface area contributed by atoms with Gasteiger partial charge in [0.25, 0.3) is 0 Å². The maximum Gasteiger partial charge on any atom is 0.190 e. The number of hydrogen-bond acceptors (Lipinski definition) is 4. The molecule has 0 radical (unpaired) electrons. The smallest absolute Gasteiger partial charge is 0.190 e. The van der Waals surface area contributed by atoms with Gasteiger partial charge >= 0.3 is 0 Å². The number of halogens is 1. The molecule has 1 aliphatic rings. The molecular formula is C20H19ClN4O2S. The quantitative estimate of drug-likeness (QED) is 0.637. The van der Waals surface area contributed by atoms with Crippen LogP contribution in [-0.2, 0) is 9.84 Å². The second-order valence-electron chi connectivity index (χ2n) is 7.38. The van der Waals surface area contributed by atoms with E-state index in [1.54, 1.807) is 6.20 Å². The third-order valence-electron chi connectivity index (χ3n) is 5.54. The van der Waals surface area contributed by atoms with Crippen LogP contribution in [0.4, 0.5) is 11.4 Å². The fraction of sp³-hybridized carbons (Fsp3) is 0.300. The van der Waals surface area contributed by atoms with E-state index in [2.05, 4.69) is 14.4 Å². The minimum Gasteiger partial charge on any atom is -0.396 e. The van der Waals surface area contributed by atoms with Gasteiger partial charge in [0, 0.05) is 41.3 Å². The molecule has 6 nitrogen and oxygen atoms in total. The molecule has 144 valence electrons. The van der Waals surface area contributed by atoms with Crippen LogP contribution in [0.5, 0.6) is 0 Å². The Kier molecular flexibility index (Phi) is 4.36. The predicted molar refractivity (Wildman–Crippen MR) is 112 cm³/mol. The van der Waals surface area contributed by atoms with Gasteiger partial charge < -0.3 is 10.3 Å². The number of nitrogen functional groups attached to an aromatic ring is 1. The zero-order chi connectivity index (χ0) is 20.2. The topological polar surface area (TPSA) is 82.3 Å². The molecule has 1 aromatic carbocycles. The lowest BCUT2D eigenvalue weighted by Gasteiger charge is -2.35. The molecule has 2 heterocycles. The van der Waals surface area contributed by atoms with Crippen molar-refractivity contribution in [2.75, 3.05) is 12.0 Å². The lowest BCUT2D eigenvalue weighted by molar-refractivity contribution is 0.322. The molecule has 0 bridgehead atoms. The first-order valence-electron chi connectivity index (χ1n) is 8.81. The standard InChI is InChI=1S/C20H19ClN4O2S/c1-11-4-19-14(7-18(11)23-2)16(15-8-24-9-17(22)20(15)21)10-25(19)12-5-13(6-12)28(3,26)27/h4,7-10,12-13H,5-6,22H2,1,3H3. The Morgan fingerprint density at radius 1 is 1.29 bits per heavy atom. The van der Waals surface area contributed by atoms with Crippen molar-refractivity contribution in [3.05, 3.63) is 52.7 Å². The molecule has 1 saturated carbocycles. The number of nitrogens with zero attached hydrogens (tertiary/aromatic N) is 3. The van der Waals surface area contributed by atoms with Crippen molar-refractivity contribution in [2.24, 2.45) is 0 Å². The molecule has 0 aliphatic heterocycles. The summed E-state index contributed by atoms with van der Waals surface area (Å²) >= 11 is 6.44. The fourth-order valence-electron chi connectivity index (χ4n) is 3.79. The molecule has 2 aromatic heterocycles. The van der Waals surface area contributed by atoms with Crippen LogP contribution >= 0.6 is 11.6 Å². The summed E-state index contributed by atoms with van der Waals surface area (Å²) in [4.78, 5) is 7.78. The molecule has 0 unspecified atom stereocenters. The Balaban J connectivity index is 1.91. The Labute approximate surface area is 168 Å². The summed E-state index contributed by atoms with van der Waals surface area (Å²) in [5.41, 5.74) is 10.3. The predicted octanol–water partition coefficient (Wildman–Crippen LogP) is 4.55. The molecule has 1 aliphatic carbocycles. The van der Waals surface area contributed by atoms with E-state index in [-0.39, 0.29) is 11.3 Å². The number of nitrogens with two attached hydrogens (primary N) is 1. The molecule has 28 heavy (non-hydrogen) atoms. The first kappa shape index (κ1) is 18.8. The van der Waals surface area contributed by atoms with Crippen LogP contribution in [0.15, 0.2) is 30.7 Å². The highest BCUT2D eigenvalue weighted by Crippen LogP contribution is 2.44. The summed E-state index contributed by atoms with van der Waals surface area (Å²) < 4.78 is 25.7. The van der Waals surface area contributed by atoms with Crippen LogP contribution in [0.25, 0.3) is 26.9 Å². The number of rotatable bonds is 3. The van der Waals surface area contributed by atoms with Crippen LogP contribution in [-0.4, -0.2) is 29.5 Å². The lowest BCUT2D eigenvalue weighted by atomic mass is 9.92. The number of aryl methyl sites for hydroxylation is 1. The lowest BCUT2D eigenvalue weighted by Crippen LogP contribution is -2.36. The van der Waals surface area contributed by atoms with Crippen molar-refractivity contribution in [1.82, 2.24) is 9.55 Å². The van der Waals surface area contributed by atoms with E-state index in [1.165, 1.54) is 12.5 Å². The van der Waals surface area contributed by atoms with E-state index in [4.69, 9.17) is 23.9 Å². The van der Waals surface area contributed by atoms with Gasteiger partial charge in [-0.05, 0) is 42.8 Å². The molecule has 0 atom stereocenters. The maximum atomic E-state index is 11.8. The number of aromatic nitrogens is 2. The maximum absolute atomic E-state index is 11.8. The Bertz CT molecular complexity index is 1250. The van der Waals surface area contributed by atoms with E-state index in [9.17, 15) is 8.42 Å². The zero-order valence-electron chi connectivity index (χ0n) is 15.5. The van der Waals surface area contributed by atoms with Crippen LogP contribution in [0.3, 0.4) is 0 Å². The summed E-state index contributed by atoms with van der Waals surface area (Å²) in [7, 11) is -3.04. The molecule has 0 amide bonds. The molecule has 8 heteroatoms. The number of pyridine rings is 1. The second-order valence-corrected chi connectivity index (χ2v) is 10.1. The van der Waals surface area contributed by atoms with E-state index in [1.807, 2.05) is 25.3 Å². The number of fused-ring (bicyclic) bond motifs is 1. The van der Waals surface area contributed by atoms with Crippen LogP contribution < -0.4 is 5.73 Å². The monoisotopic (exact) mass is 414 g/mol. The van der Waals surface area contributed by atoms with E-state index in [0.717, 1.165) is 22.0 Å². The molecule has 4 rings (SSSR count). The first-order chi connectivity index (χ1) is 13.2. The van der Waals surface area contributed by atoms with Gasteiger partial charge in [0.1, 0.15) is 9.84 Å². The average Bonchev–Trinajstić information content (AvgIpc) is 2.92. The van der Waals surface area contributed by atoms with Crippen LogP contribution in [0, 0.1) is 13.5 Å². The number of anilines is 1. The van der Waals surface area contributed by atoms with E-state index < -0.39 is 9.84 Å². The summed E-state index contributed by atoms with van der Waals surface area (Å²) in [5.74, 6) is 0. The Morgan fingerprint density at radius 2 is 2.00 bits per heavy atom. The summed E-state index contributed by atoms with van der Waals surface area (Å²) in [6.07, 6.45) is 7.58. The average molecular weight is 415 g/mol. The van der Waals surface area contributed by atoms with Crippen LogP contribution in [0.1, 0.15) is 24.4 Å². The van der Waals surface area contributed by atoms with Gasteiger partial charge in [-0.2, -0.15) is 0 Å². The normalized spacial score (nSPS) is 19.4. The van der Waals surface area contributed by atoms with E-state index >= 15 is 0 Å². The van der Waals surface area contributed by atoms with Crippen LogP contribution in [0.2, 0.25) is 5.02 Å². The highest BCUT2D eigenvalue weighted by Gasteiger charge is 2.38. The summed E-state index contributed by atoms with van der Waals surface area (Å²) in [6, 6.07) is 3.92. The van der Waals surface area contributed by atoms with Crippen molar-refractivity contribution in [2.45, 2.75) is 31.1 Å². The second kappa shape index (κ2) is 6.50. The fourth-order valence-corrected chi connectivity index (χ4v) is 5.13. The molecule has 3 aromatic rings. The van der Waals surface area contributed by atoms with Crippen molar-refractivity contribution in [3.63, 3.8) is 0 Å². The van der Waals surface area contributed by atoms with Gasteiger partial charge in [-0.1, -0.05) is 11.6 Å². The highest BCUT2D eigenvalue weighted by atomic mass is 35.5. The largest absolute Gasteiger partial charge is 0.396 e. The zero-order valence-corrected chi connectivity index (χ0v) is 17.0. The third kappa shape index (κ3) is 2.93. The van der Waals surface area contributed by atoms with E-state index in [0.29, 0.717) is 34.8 Å². The van der Waals surface area contributed by atoms with Crippen molar-refractivity contribution < 1.29 is 8.42 Å². The van der Waals surface area contributed by atoms with Gasteiger partial charge in [0.15, 0.2) is 5.69 Å². The van der Waals surface area contributed by atoms with Crippen molar-refractivity contribution >= 4 is 43.7 Å². The summed E-state index contributed by atoms with van der Waals surface area (Å²) in [6.45, 7) is 9.34. The number of hydrogen-bond donors (Lipinski definition) is 1.